The Labute approximate surface area is 120 Å². The van der Waals surface area contributed by atoms with Gasteiger partial charge < -0.3 is 4.55 Å². The first-order valence-corrected chi connectivity index (χ1v) is 5.74. The fourth-order valence-electron chi connectivity index (χ4n) is 1.11. The molecular weight excluding hydrogens is 408 g/mol. The van der Waals surface area contributed by atoms with Crippen LogP contribution in [0.2, 0.25) is 0 Å². The third-order valence-electron chi connectivity index (χ3n) is 2.17. The molecule has 0 aromatic heterocycles. The van der Waals surface area contributed by atoms with Gasteiger partial charge in [0.2, 0.25) is 0 Å². The molecule has 0 saturated carbocycles. The van der Waals surface area contributed by atoms with Crippen LogP contribution in [0.4, 0.5) is 0 Å². The Morgan fingerprint density at radius 3 is 1.88 bits per heavy atom. The van der Waals surface area contributed by atoms with Crippen LogP contribution in [0.1, 0.15) is 40.7 Å². The van der Waals surface area contributed by atoms with Crippen molar-refractivity contribution in [3.8, 4) is 0 Å². The van der Waals surface area contributed by atoms with Crippen molar-refractivity contribution in [1.82, 2.24) is 0 Å². The van der Waals surface area contributed by atoms with Gasteiger partial charge in [-0.2, -0.15) is 23.6 Å². The molecule has 0 unspecified atom stereocenters. The summed E-state index contributed by atoms with van der Waals surface area (Å²) >= 11 is 0. The predicted octanol–water partition coefficient (Wildman–Crippen LogP) is 3.21. The Morgan fingerprint density at radius 1 is 1.18 bits per heavy atom. The topological polar surface area (TPSA) is 57.2 Å². The normalized spacial score (nSPS) is 9.35. The molecule has 0 aliphatic rings. The van der Waals surface area contributed by atoms with Crippen LogP contribution in [0.15, 0.2) is 29.2 Å². The van der Waals surface area contributed by atoms with Crippen LogP contribution in [0.3, 0.4) is 0 Å². The van der Waals surface area contributed by atoms with Crippen molar-refractivity contribution in [2.45, 2.75) is 40.0 Å². The number of hydrogen-bond donors (Lipinski definition) is 0. The second-order valence-corrected chi connectivity index (χ2v) is 4.49. The zero-order valence-corrected chi connectivity index (χ0v) is 12.3. The van der Waals surface area contributed by atoms with E-state index < -0.39 is 10.1 Å². The predicted molar refractivity (Wildman–Crippen MR) is 66.2 cm³/mol. The summed E-state index contributed by atoms with van der Waals surface area (Å²) in [6, 6.07) is 6.00. The van der Waals surface area contributed by atoms with Gasteiger partial charge in [-0.05, 0) is 0 Å². The maximum Gasteiger partial charge on any atom is 0.122 e. The molecule has 0 amide bonds. The van der Waals surface area contributed by atoms with Crippen LogP contribution < -0.4 is 0 Å². The largest absolute Gasteiger partial charge is 0.744 e. The van der Waals surface area contributed by atoms with Gasteiger partial charge in [0.25, 0.3) is 0 Å². The Bertz CT molecular complexity index is 398. The van der Waals surface area contributed by atoms with Crippen molar-refractivity contribution in [3.63, 3.8) is 0 Å². The molecular formula is C12H20O3SW-2. The molecule has 0 atom stereocenters. The fraction of sp³-hybridized carbons (Fsp3) is 0.417. The monoisotopic (exact) mass is 428 g/mol. The molecule has 5 heteroatoms. The summed E-state index contributed by atoms with van der Waals surface area (Å²) in [5.74, 6) is 1.17. The summed E-state index contributed by atoms with van der Waals surface area (Å²) in [5, 5.41) is 0. The van der Waals surface area contributed by atoms with Crippen LogP contribution >= 0.6 is 0 Å². The van der Waals surface area contributed by atoms with Crippen LogP contribution in [-0.2, 0) is 31.2 Å². The number of benzene rings is 1. The summed E-state index contributed by atoms with van der Waals surface area (Å²) in [5.41, 5.74) is 0.972. The van der Waals surface area contributed by atoms with E-state index in [1.807, 2.05) is 13.8 Å². The molecule has 0 heterocycles. The first kappa shape index (κ1) is 21.9. The van der Waals surface area contributed by atoms with Gasteiger partial charge in [0, 0.05) is 26.0 Å². The van der Waals surface area contributed by atoms with E-state index in [0.29, 0.717) is 0 Å². The molecule has 100 valence electrons. The van der Waals surface area contributed by atoms with Gasteiger partial charge in [-0.25, -0.2) is 8.42 Å². The van der Waals surface area contributed by atoms with Crippen LogP contribution in [-0.4, -0.2) is 13.0 Å². The summed E-state index contributed by atoms with van der Waals surface area (Å²) in [6.45, 7) is 3.99. The maximum absolute atomic E-state index is 10.6. The molecule has 0 spiro atoms. The Kier molecular flexibility index (Phi) is 11.3. The van der Waals surface area contributed by atoms with E-state index in [4.69, 9.17) is 0 Å². The standard InChI is InChI=1S/C10H13O3S.2CH4.W/c1-3-8(2)9-4-6-10(7-5-9)14(11,12)13;;;/h4-7H,3H2,1-2H3,(H,11,12,13);2*1H4;/q-1;;;/p-1. The molecule has 0 aliphatic heterocycles. The van der Waals surface area contributed by atoms with Gasteiger partial charge >= 0.3 is 0 Å². The van der Waals surface area contributed by atoms with Crippen molar-refractivity contribution in [3.05, 3.63) is 35.7 Å². The second kappa shape index (κ2) is 8.73. The summed E-state index contributed by atoms with van der Waals surface area (Å²) < 4.78 is 31.9. The van der Waals surface area contributed by atoms with Crippen molar-refractivity contribution < 1.29 is 34.0 Å². The van der Waals surface area contributed by atoms with Gasteiger partial charge in [0.05, 0.1) is 0 Å². The number of rotatable bonds is 3. The minimum absolute atomic E-state index is 0. The SMILES string of the molecule is C.C.CC[C-](C)c1ccc(S(=O)(=O)[O-])cc1.[W]. The quantitative estimate of drug-likeness (QED) is 0.549. The molecule has 0 aliphatic carbocycles. The van der Waals surface area contributed by atoms with E-state index in [2.05, 4.69) is 0 Å². The first-order chi connectivity index (χ1) is 6.45. The Balaban J connectivity index is -0.000000653. The molecule has 0 saturated heterocycles. The van der Waals surface area contributed by atoms with E-state index in [1.54, 1.807) is 12.1 Å². The van der Waals surface area contributed by atoms with Crippen molar-refractivity contribution in [1.29, 1.82) is 0 Å². The third-order valence-corrected chi connectivity index (χ3v) is 3.02. The zero-order chi connectivity index (χ0) is 10.8. The zero-order valence-electron chi connectivity index (χ0n) is 8.56. The molecule has 3 nitrogen and oxygen atoms in total. The van der Waals surface area contributed by atoms with Crippen LogP contribution in [0.5, 0.6) is 0 Å². The molecule has 0 fully saturated rings. The van der Waals surface area contributed by atoms with Gasteiger partial charge in [0.1, 0.15) is 10.1 Å². The van der Waals surface area contributed by atoms with E-state index in [-0.39, 0.29) is 40.8 Å². The molecule has 1 aromatic carbocycles. The summed E-state index contributed by atoms with van der Waals surface area (Å²) in [4.78, 5) is -0.176. The third kappa shape index (κ3) is 6.25. The molecule has 0 bridgehead atoms. The molecule has 0 radical (unpaired) electrons. The van der Waals surface area contributed by atoms with Crippen molar-refractivity contribution in [2.75, 3.05) is 0 Å². The molecule has 1 aromatic rings. The van der Waals surface area contributed by atoms with Crippen LogP contribution in [0.25, 0.3) is 0 Å². The maximum atomic E-state index is 10.6. The van der Waals surface area contributed by atoms with E-state index in [9.17, 15) is 13.0 Å². The van der Waals surface area contributed by atoms with E-state index >= 15 is 0 Å². The number of hydrogen-bond acceptors (Lipinski definition) is 3. The average Bonchev–Trinajstić information content (AvgIpc) is 2.15. The Morgan fingerprint density at radius 2 is 1.59 bits per heavy atom. The van der Waals surface area contributed by atoms with Gasteiger partial charge in [0.15, 0.2) is 0 Å². The van der Waals surface area contributed by atoms with Gasteiger partial charge in [-0.3, -0.25) is 0 Å². The van der Waals surface area contributed by atoms with E-state index in [0.717, 1.165) is 12.0 Å². The first-order valence-electron chi connectivity index (χ1n) is 4.34. The molecule has 1 rings (SSSR count). The minimum atomic E-state index is -4.31. The van der Waals surface area contributed by atoms with E-state index in [1.165, 1.54) is 18.1 Å². The summed E-state index contributed by atoms with van der Waals surface area (Å²) in [6.07, 6.45) is 0.906. The smallest absolute Gasteiger partial charge is 0.122 e. The average molecular weight is 428 g/mol. The minimum Gasteiger partial charge on any atom is -0.744 e. The van der Waals surface area contributed by atoms with Crippen molar-refractivity contribution >= 4 is 10.1 Å². The van der Waals surface area contributed by atoms with Crippen molar-refractivity contribution in [2.24, 2.45) is 0 Å². The Hall–Kier alpha value is -0.312. The second-order valence-electron chi connectivity index (χ2n) is 3.11. The molecule has 0 N–H and O–H groups in total. The van der Waals surface area contributed by atoms with Crippen LogP contribution in [0, 0.1) is 5.92 Å². The summed E-state index contributed by atoms with van der Waals surface area (Å²) in [7, 11) is -4.31. The molecule has 17 heavy (non-hydrogen) atoms. The van der Waals surface area contributed by atoms with Gasteiger partial charge in [-0.15, -0.1) is 12.1 Å². The van der Waals surface area contributed by atoms with Gasteiger partial charge in [-0.1, -0.05) is 35.1 Å². The fourth-order valence-corrected chi connectivity index (χ4v) is 1.58.